The molecule has 0 atom stereocenters. The third kappa shape index (κ3) is 3.78. The maximum absolute atomic E-state index is 12.2. The van der Waals surface area contributed by atoms with Crippen molar-refractivity contribution in [3.63, 3.8) is 0 Å². The van der Waals surface area contributed by atoms with E-state index in [2.05, 4.69) is 9.88 Å². The minimum Gasteiger partial charge on any atom is -0.340 e. The summed E-state index contributed by atoms with van der Waals surface area (Å²) >= 11 is 0. The second-order valence-corrected chi connectivity index (χ2v) is 5.05. The van der Waals surface area contributed by atoms with E-state index in [0.29, 0.717) is 5.69 Å². The molecule has 6 nitrogen and oxygen atoms in total. The van der Waals surface area contributed by atoms with Crippen molar-refractivity contribution in [3.05, 3.63) is 18.2 Å². The normalized spacial score (nSPS) is 16.8. The molecule has 1 amide bonds. The zero-order chi connectivity index (χ0) is 13.7. The number of nitrogens with two attached hydrogens (primary N) is 1. The van der Waals surface area contributed by atoms with Gasteiger partial charge in [-0.15, -0.1) is 0 Å². The standard InChI is InChI=1S/C13H23N5O/c1-16-10-12(15-11-16)13(19)18-8-6-17(7-9-18)5-3-2-4-14/h10-11H,2-9,14H2,1H3. The van der Waals surface area contributed by atoms with Crippen LogP contribution >= 0.6 is 0 Å². The maximum Gasteiger partial charge on any atom is 0.274 e. The van der Waals surface area contributed by atoms with E-state index in [1.54, 1.807) is 17.1 Å². The number of carbonyl (C=O) groups is 1. The Morgan fingerprint density at radius 1 is 1.32 bits per heavy atom. The molecule has 0 spiro atoms. The van der Waals surface area contributed by atoms with Gasteiger partial charge in [0.15, 0.2) is 0 Å². The van der Waals surface area contributed by atoms with Gasteiger partial charge in [-0.2, -0.15) is 0 Å². The predicted octanol–water partition coefficient (Wildman–Crippen LogP) is -0.0832. The van der Waals surface area contributed by atoms with Crippen LogP contribution in [-0.2, 0) is 7.05 Å². The smallest absolute Gasteiger partial charge is 0.274 e. The van der Waals surface area contributed by atoms with Crippen molar-refractivity contribution >= 4 is 5.91 Å². The fourth-order valence-electron chi connectivity index (χ4n) is 2.34. The molecule has 1 aromatic heterocycles. The Morgan fingerprint density at radius 3 is 2.63 bits per heavy atom. The monoisotopic (exact) mass is 265 g/mol. The lowest BCUT2D eigenvalue weighted by atomic mass is 10.2. The van der Waals surface area contributed by atoms with Crippen LogP contribution in [0.15, 0.2) is 12.5 Å². The summed E-state index contributed by atoms with van der Waals surface area (Å²) in [6.45, 7) is 5.32. The van der Waals surface area contributed by atoms with E-state index in [9.17, 15) is 4.79 Å². The van der Waals surface area contributed by atoms with E-state index in [1.807, 2.05) is 11.9 Å². The summed E-state index contributed by atoms with van der Waals surface area (Å²) < 4.78 is 1.80. The molecule has 1 fully saturated rings. The summed E-state index contributed by atoms with van der Waals surface area (Å²) in [7, 11) is 1.87. The Bertz CT molecular complexity index is 409. The fourth-order valence-corrected chi connectivity index (χ4v) is 2.34. The molecule has 1 aliphatic heterocycles. The molecule has 0 aliphatic carbocycles. The molecule has 6 heteroatoms. The van der Waals surface area contributed by atoms with E-state index >= 15 is 0 Å². The lowest BCUT2D eigenvalue weighted by Gasteiger charge is -2.34. The largest absolute Gasteiger partial charge is 0.340 e. The van der Waals surface area contributed by atoms with Gasteiger partial charge >= 0.3 is 0 Å². The van der Waals surface area contributed by atoms with Crippen molar-refractivity contribution < 1.29 is 4.79 Å². The lowest BCUT2D eigenvalue weighted by Crippen LogP contribution is -2.48. The van der Waals surface area contributed by atoms with Crippen LogP contribution in [0.4, 0.5) is 0 Å². The number of piperazine rings is 1. The lowest BCUT2D eigenvalue weighted by molar-refractivity contribution is 0.0630. The molecule has 0 radical (unpaired) electrons. The average molecular weight is 265 g/mol. The van der Waals surface area contributed by atoms with Gasteiger partial charge in [0, 0.05) is 39.4 Å². The number of hydrogen-bond donors (Lipinski definition) is 1. The van der Waals surface area contributed by atoms with Gasteiger partial charge in [0.1, 0.15) is 5.69 Å². The van der Waals surface area contributed by atoms with E-state index in [0.717, 1.165) is 52.1 Å². The second-order valence-electron chi connectivity index (χ2n) is 5.05. The average Bonchev–Trinajstić information content (AvgIpc) is 2.86. The van der Waals surface area contributed by atoms with Gasteiger partial charge in [-0.3, -0.25) is 9.69 Å². The highest BCUT2D eigenvalue weighted by molar-refractivity contribution is 5.92. The molecule has 2 heterocycles. The molecule has 106 valence electrons. The van der Waals surface area contributed by atoms with Crippen LogP contribution < -0.4 is 5.73 Å². The van der Waals surface area contributed by atoms with Gasteiger partial charge in [0.25, 0.3) is 5.91 Å². The van der Waals surface area contributed by atoms with Crippen molar-refractivity contribution in [1.82, 2.24) is 19.4 Å². The minimum absolute atomic E-state index is 0.0437. The van der Waals surface area contributed by atoms with Crippen molar-refractivity contribution in [3.8, 4) is 0 Å². The van der Waals surface area contributed by atoms with Crippen LogP contribution in [0.1, 0.15) is 23.3 Å². The van der Waals surface area contributed by atoms with Crippen molar-refractivity contribution in [1.29, 1.82) is 0 Å². The highest BCUT2D eigenvalue weighted by Gasteiger charge is 2.22. The van der Waals surface area contributed by atoms with E-state index in [1.165, 1.54) is 0 Å². The number of nitrogens with zero attached hydrogens (tertiary/aromatic N) is 4. The van der Waals surface area contributed by atoms with Crippen molar-refractivity contribution in [2.45, 2.75) is 12.8 Å². The number of aromatic nitrogens is 2. The third-order valence-electron chi connectivity index (χ3n) is 3.51. The summed E-state index contributed by atoms with van der Waals surface area (Å²) in [5, 5.41) is 0. The molecule has 2 N–H and O–H groups in total. The number of amides is 1. The molecule has 2 rings (SSSR count). The number of unbranched alkanes of at least 4 members (excludes halogenated alkanes) is 1. The van der Waals surface area contributed by atoms with Crippen LogP contribution in [-0.4, -0.2) is 64.5 Å². The first-order valence-electron chi connectivity index (χ1n) is 6.90. The first kappa shape index (κ1) is 14.0. The first-order valence-corrected chi connectivity index (χ1v) is 6.90. The molecule has 0 unspecified atom stereocenters. The van der Waals surface area contributed by atoms with E-state index in [-0.39, 0.29) is 5.91 Å². The van der Waals surface area contributed by atoms with E-state index in [4.69, 9.17) is 5.73 Å². The predicted molar refractivity (Wildman–Crippen MR) is 73.8 cm³/mol. The van der Waals surface area contributed by atoms with Crippen LogP contribution in [0.3, 0.4) is 0 Å². The highest BCUT2D eigenvalue weighted by atomic mass is 16.2. The number of carbonyl (C=O) groups excluding carboxylic acids is 1. The summed E-state index contributed by atoms with van der Waals surface area (Å²) in [5.74, 6) is 0.0437. The van der Waals surface area contributed by atoms with Crippen LogP contribution in [0.5, 0.6) is 0 Å². The number of aryl methyl sites for hydroxylation is 1. The summed E-state index contributed by atoms with van der Waals surface area (Å²) in [4.78, 5) is 20.6. The molecular weight excluding hydrogens is 242 g/mol. The zero-order valence-corrected chi connectivity index (χ0v) is 11.6. The van der Waals surface area contributed by atoms with Crippen LogP contribution in [0.25, 0.3) is 0 Å². The quantitative estimate of drug-likeness (QED) is 0.756. The Morgan fingerprint density at radius 2 is 2.05 bits per heavy atom. The van der Waals surface area contributed by atoms with Gasteiger partial charge in [-0.1, -0.05) is 0 Å². The van der Waals surface area contributed by atoms with Crippen LogP contribution in [0, 0.1) is 0 Å². The molecule has 0 aromatic carbocycles. The topological polar surface area (TPSA) is 67.4 Å². The molecule has 0 bridgehead atoms. The Hall–Kier alpha value is -1.40. The second kappa shape index (κ2) is 6.68. The Kier molecular flexibility index (Phi) is 4.93. The molecule has 1 aliphatic rings. The number of hydrogen-bond acceptors (Lipinski definition) is 4. The maximum atomic E-state index is 12.2. The Balaban J connectivity index is 1.78. The van der Waals surface area contributed by atoms with Gasteiger partial charge in [0.05, 0.1) is 6.33 Å². The van der Waals surface area contributed by atoms with Crippen molar-refractivity contribution in [2.75, 3.05) is 39.3 Å². The Labute approximate surface area is 114 Å². The summed E-state index contributed by atoms with van der Waals surface area (Å²) in [6.07, 6.45) is 5.66. The minimum atomic E-state index is 0.0437. The van der Waals surface area contributed by atoms with Gasteiger partial charge in [0.2, 0.25) is 0 Å². The van der Waals surface area contributed by atoms with Crippen molar-refractivity contribution in [2.24, 2.45) is 12.8 Å². The molecule has 1 aromatic rings. The number of rotatable bonds is 5. The zero-order valence-electron chi connectivity index (χ0n) is 11.6. The molecule has 0 saturated carbocycles. The summed E-state index contributed by atoms with van der Waals surface area (Å²) in [5.41, 5.74) is 6.03. The fraction of sp³-hybridized carbons (Fsp3) is 0.692. The number of imidazole rings is 1. The highest BCUT2D eigenvalue weighted by Crippen LogP contribution is 2.07. The van der Waals surface area contributed by atoms with Gasteiger partial charge in [-0.25, -0.2) is 4.98 Å². The molecule has 1 saturated heterocycles. The van der Waals surface area contributed by atoms with Crippen LogP contribution in [0.2, 0.25) is 0 Å². The summed E-state index contributed by atoms with van der Waals surface area (Å²) in [6, 6.07) is 0. The molecule has 19 heavy (non-hydrogen) atoms. The molecular formula is C13H23N5O. The third-order valence-corrected chi connectivity index (χ3v) is 3.51. The van der Waals surface area contributed by atoms with E-state index < -0.39 is 0 Å². The van der Waals surface area contributed by atoms with Gasteiger partial charge < -0.3 is 15.2 Å². The van der Waals surface area contributed by atoms with Gasteiger partial charge in [-0.05, 0) is 25.9 Å². The first-order chi connectivity index (χ1) is 9.20. The SMILES string of the molecule is Cn1cnc(C(=O)N2CCN(CCCCN)CC2)c1.